The molecule has 0 fully saturated rings. The van der Waals surface area contributed by atoms with E-state index in [1.807, 2.05) is 47.6 Å². The fourth-order valence-electron chi connectivity index (χ4n) is 2.73. The lowest BCUT2D eigenvalue weighted by atomic mass is 9.98. The zero-order chi connectivity index (χ0) is 17.8. The summed E-state index contributed by atoms with van der Waals surface area (Å²) in [6.45, 7) is 2.86. The third kappa shape index (κ3) is 3.45. The largest absolute Gasteiger partial charge is 0.497 e. The first-order valence-corrected chi connectivity index (χ1v) is 8.10. The molecule has 130 valence electrons. The molecule has 0 aliphatic carbocycles. The maximum absolute atomic E-state index is 14.2. The van der Waals surface area contributed by atoms with Gasteiger partial charge < -0.3 is 9.47 Å². The number of hydrogen-bond donors (Lipinski definition) is 1. The van der Waals surface area contributed by atoms with Gasteiger partial charge in [-0.05, 0) is 55.0 Å². The Morgan fingerprint density at radius 3 is 2.32 bits per heavy atom. The smallest absolute Gasteiger partial charge is 0.165 e. The number of rotatable bonds is 5. The summed E-state index contributed by atoms with van der Waals surface area (Å²) < 4.78 is 24.4. The zero-order valence-electron chi connectivity index (χ0n) is 14.5. The van der Waals surface area contributed by atoms with Crippen molar-refractivity contribution in [1.29, 1.82) is 0 Å². The summed E-state index contributed by atoms with van der Waals surface area (Å²) >= 11 is 0. The molecule has 4 nitrogen and oxygen atoms in total. The summed E-state index contributed by atoms with van der Waals surface area (Å²) in [7, 11) is 3.10. The van der Waals surface area contributed by atoms with Crippen LogP contribution in [-0.2, 0) is 0 Å². The van der Waals surface area contributed by atoms with Gasteiger partial charge in [-0.15, -0.1) is 0 Å². The molecule has 2 aromatic carbocycles. The molecular formula is C20H21FN2O2. The molecule has 0 saturated heterocycles. The Hall–Kier alpha value is -2.95. The van der Waals surface area contributed by atoms with E-state index in [0.717, 1.165) is 34.7 Å². The monoisotopic (exact) mass is 340 g/mol. The van der Waals surface area contributed by atoms with Crippen LogP contribution in [0.3, 0.4) is 0 Å². The first-order chi connectivity index (χ1) is 12.2. The van der Waals surface area contributed by atoms with Crippen LogP contribution in [-0.4, -0.2) is 25.8 Å². The van der Waals surface area contributed by atoms with E-state index in [-0.39, 0.29) is 11.6 Å². The third-order valence-corrected chi connectivity index (χ3v) is 4.13. The molecule has 0 aromatic heterocycles. The average molecular weight is 340 g/mol. The Labute approximate surface area is 147 Å². The molecule has 1 heterocycles. The summed E-state index contributed by atoms with van der Waals surface area (Å²) in [6.07, 6.45) is 3.94. The normalized spacial score (nSPS) is 13.7. The minimum atomic E-state index is -0.382. The number of hydrogen-bond acceptors (Lipinski definition) is 4. The summed E-state index contributed by atoms with van der Waals surface area (Å²) in [6, 6.07) is 12.8. The van der Waals surface area contributed by atoms with E-state index in [1.165, 1.54) is 13.2 Å². The molecule has 0 bridgehead atoms. The van der Waals surface area contributed by atoms with E-state index in [2.05, 4.69) is 12.3 Å². The van der Waals surface area contributed by atoms with Crippen molar-refractivity contribution < 1.29 is 13.9 Å². The van der Waals surface area contributed by atoms with Gasteiger partial charge in [-0.3, -0.25) is 10.4 Å². The van der Waals surface area contributed by atoms with E-state index < -0.39 is 0 Å². The van der Waals surface area contributed by atoms with E-state index in [9.17, 15) is 4.39 Å². The van der Waals surface area contributed by atoms with Crippen LogP contribution in [0.2, 0.25) is 0 Å². The van der Waals surface area contributed by atoms with Gasteiger partial charge in [0, 0.05) is 23.9 Å². The molecule has 5 heteroatoms. The second kappa shape index (κ2) is 7.30. The van der Waals surface area contributed by atoms with Gasteiger partial charge in [0.1, 0.15) is 5.75 Å². The van der Waals surface area contributed by atoms with E-state index >= 15 is 0 Å². The summed E-state index contributed by atoms with van der Waals surface area (Å²) in [5.74, 6) is 0.645. The highest BCUT2D eigenvalue weighted by Gasteiger charge is 2.17. The van der Waals surface area contributed by atoms with Gasteiger partial charge in [-0.2, -0.15) is 0 Å². The summed E-state index contributed by atoms with van der Waals surface area (Å²) in [5, 5.41) is 1.98. The van der Waals surface area contributed by atoms with Gasteiger partial charge in [0.2, 0.25) is 0 Å². The Morgan fingerprint density at radius 2 is 1.72 bits per heavy atom. The van der Waals surface area contributed by atoms with Gasteiger partial charge in [-0.1, -0.05) is 6.07 Å². The molecule has 2 aromatic rings. The summed E-state index contributed by atoms with van der Waals surface area (Å²) in [4.78, 5) is 0. The minimum Gasteiger partial charge on any atom is -0.497 e. The predicted octanol–water partition coefficient (Wildman–Crippen LogP) is 4.07. The van der Waals surface area contributed by atoms with Crippen molar-refractivity contribution in [3.63, 3.8) is 0 Å². The van der Waals surface area contributed by atoms with Crippen LogP contribution in [0.5, 0.6) is 11.5 Å². The van der Waals surface area contributed by atoms with Crippen molar-refractivity contribution in [3.05, 3.63) is 71.7 Å². The second-order valence-corrected chi connectivity index (χ2v) is 5.58. The number of hydrazine groups is 1. The topological polar surface area (TPSA) is 33.7 Å². The Balaban J connectivity index is 2.08. The molecule has 0 saturated carbocycles. The quantitative estimate of drug-likeness (QED) is 0.890. The maximum Gasteiger partial charge on any atom is 0.165 e. The van der Waals surface area contributed by atoms with Crippen LogP contribution in [0.15, 0.2) is 54.7 Å². The highest BCUT2D eigenvalue weighted by molar-refractivity contribution is 5.95. The fourth-order valence-corrected chi connectivity index (χ4v) is 2.73. The molecule has 0 unspecified atom stereocenters. The lowest BCUT2D eigenvalue weighted by molar-refractivity contribution is 0.340. The molecule has 1 N–H and O–H groups in total. The average Bonchev–Trinajstić information content (AvgIpc) is 2.67. The molecule has 1 aliphatic rings. The van der Waals surface area contributed by atoms with Crippen molar-refractivity contribution in [2.45, 2.75) is 6.92 Å². The molecular weight excluding hydrogens is 319 g/mol. The van der Waals surface area contributed by atoms with Crippen molar-refractivity contribution in [2.75, 3.05) is 20.8 Å². The van der Waals surface area contributed by atoms with Crippen molar-refractivity contribution >= 4 is 11.3 Å². The van der Waals surface area contributed by atoms with Crippen LogP contribution >= 0.6 is 0 Å². The van der Waals surface area contributed by atoms with Crippen LogP contribution < -0.4 is 14.9 Å². The molecule has 3 rings (SSSR count). The molecule has 0 amide bonds. The third-order valence-electron chi connectivity index (χ3n) is 4.13. The lowest BCUT2D eigenvalue weighted by Gasteiger charge is -2.29. The van der Waals surface area contributed by atoms with E-state index in [4.69, 9.17) is 9.47 Å². The van der Waals surface area contributed by atoms with Crippen LogP contribution in [0.4, 0.5) is 4.39 Å². The number of nitrogens with one attached hydrogen (secondary N) is 1. The highest BCUT2D eigenvalue weighted by atomic mass is 19.1. The van der Waals surface area contributed by atoms with Crippen molar-refractivity contribution in [3.8, 4) is 11.5 Å². The Bertz CT molecular complexity index is 813. The number of halogens is 1. The van der Waals surface area contributed by atoms with Gasteiger partial charge >= 0.3 is 0 Å². The maximum atomic E-state index is 14.2. The fraction of sp³-hybridized carbons (Fsp3) is 0.200. The molecule has 0 spiro atoms. The SMILES string of the molecule is CCN1C=CC(c2ccc(OC)c(F)c2)=C(c2ccc(OC)cc2)N1. The minimum absolute atomic E-state index is 0.235. The first-order valence-electron chi connectivity index (χ1n) is 8.10. The van der Waals surface area contributed by atoms with Gasteiger partial charge in [0.15, 0.2) is 11.6 Å². The number of allylic oxidation sites excluding steroid dienone is 2. The van der Waals surface area contributed by atoms with Crippen molar-refractivity contribution in [2.24, 2.45) is 0 Å². The van der Waals surface area contributed by atoms with E-state index in [0.29, 0.717) is 0 Å². The second-order valence-electron chi connectivity index (χ2n) is 5.58. The number of methoxy groups -OCH3 is 2. The van der Waals surface area contributed by atoms with Crippen LogP contribution in [0.25, 0.3) is 11.3 Å². The van der Waals surface area contributed by atoms with Gasteiger partial charge in [-0.25, -0.2) is 4.39 Å². The van der Waals surface area contributed by atoms with Crippen LogP contribution in [0.1, 0.15) is 18.1 Å². The predicted molar refractivity (Wildman–Crippen MR) is 97.4 cm³/mol. The molecule has 0 atom stereocenters. The highest BCUT2D eigenvalue weighted by Crippen LogP contribution is 2.31. The molecule has 0 radical (unpaired) electrons. The number of nitrogens with zero attached hydrogens (tertiary/aromatic N) is 1. The standard InChI is InChI=1S/C20H21FN2O2/c1-4-23-12-11-17(15-7-10-19(25-3)18(21)13-15)20(22-23)14-5-8-16(24-2)9-6-14/h5-13,22H,4H2,1-3H3. The van der Waals surface area contributed by atoms with E-state index in [1.54, 1.807) is 13.2 Å². The first kappa shape index (κ1) is 16.9. The Morgan fingerprint density at radius 1 is 1.00 bits per heavy atom. The van der Waals surface area contributed by atoms with Gasteiger partial charge in [0.25, 0.3) is 0 Å². The van der Waals surface area contributed by atoms with Gasteiger partial charge in [0.05, 0.1) is 19.9 Å². The van der Waals surface area contributed by atoms with Crippen LogP contribution in [0, 0.1) is 5.82 Å². The molecule has 25 heavy (non-hydrogen) atoms. The summed E-state index contributed by atoms with van der Waals surface area (Å²) in [5.41, 5.74) is 6.99. The zero-order valence-corrected chi connectivity index (χ0v) is 14.5. The lowest BCUT2D eigenvalue weighted by Crippen LogP contribution is -2.34. The number of benzene rings is 2. The Kier molecular flexibility index (Phi) is 4.93. The molecule has 1 aliphatic heterocycles. The van der Waals surface area contributed by atoms with Crippen molar-refractivity contribution in [1.82, 2.24) is 10.4 Å². The number of ether oxygens (including phenoxy) is 2.